The largest absolute Gasteiger partial charge is 0.308 e. The molecule has 1 aromatic heterocycles. The van der Waals surface area contributed by atoms with Crippen LogP contribution in [0.2, 0.25) is 0 Å². The molecular formula is C17H15FN2S. The summed E-state index contributed by atoms with van der Waals surface area (Å²) in [6.07, 6.45) is 2.36. The van der Waals surface area contributed by atoms with E-state index < -0.39 is 0 Å². The molecule has 1 saturated heterocycles. The Labute approximate surface area is 126 Å². The number of aromatic nitrogens is 1. The normalized spacial score (nSPS) is 18.4. The maximum absolute atomic E-state index is 13.9. The highest BCUT2D eigenvalue weighted by atomic mass is 32.1. The van der Waals surface area contributed by atoms with Crippen LogP contribution in [0.4, 0.5) is 4.39 Å². The summed E-state index contributed by atoms with van der Waals surface area (Å²) in [5, 5.41) is 8.27. The molecule has 21 heavy (non-hydrogen) atoms. The second-order valence-electron chi connectivity index (χ2n) is 5.36. The highest BCUT2D eigenvalue weighted by molar-refractivity contribution is 7.10. The highest BCUT2D eigenvalue weighted by Gasteiger charge is 2.20. The first-order valence-corrected chi connectivity index (χ1v) is 8.07. The van der Waals surface area contributed by atoms with Crippen LogP contribution in [0.5, 0.6) is 0 Å². The Bertz CT molecular complexity index is 790. The molecule has 2 heterocycles. The molecule has 0 radical (unpaired) electrons. The van der Waals surface area contributed by atoms with Gasteiger partial charge in [0.2, 0.25) is 0 Å². The fraction of sp³-hybridized carbons (Fsp3) is 0.235. The fourth-order valence-corrected chi connectivity index (χ4v) is 3.88. The number of hydrogen-bond acceptors (Lipinski definition) is 3. The maximum Gasteiger partial charge on any atom is 0.131 e. The average molecular weight is 298 g/mol. The first-order valence-electron chi connectivity index (χ1n) is 7.19. The van der Waals surface area contributed by atoms with Crippen molar-refractivity contribution in [1.29, 1.82) is 0 Å². The van der Waals surface area contributed by atoms with Crippen LogP contribution in [0.25, 0.3) is 22.0 Å². The number of nitrogens with one attached hydrogen (secondary N) is 1. The Hall–Kier alpha value is -1.78. The molecule has 1 fully saturated rings. The van der Waals surface area contributed by atoms with Crippen LogP contribution >= 0.6 is 11.3 Å². The van der Waals surface area contributed by atoms with Gasteiger partial charge in [0.25, 0.3) is 0 Å². The molecule has 0 spiro atoms. The molecule has 1 aliphatic heterocycles. The lowest BCUT2D eigenvalue weighted by Crippen LogP contribution is -2.12. The zero-order valence-corrected chi connectivity index (χ0v) is 12.3. The third-order valence-electron chi connectivity index (χ3n) is 4.03. The first kappa shape index (κ1) is 12.9. The topological polar surface area (TPSA) is 24.9 Å². The monoisotopic (exact) mass is 298 g/mol. The predicted molar refractivity (Wildman–Crippen MR) is 85.0 cm³/mol. The van der Waals surface area contributed by atoms with Gasteiger partial charge in [-0.1, -0.05) is 24.3 Å². The second kappa shape index (κ2) is 5.20. The van der Waals surface area contributed by atoms with Gasteiger partial charge >= 0.3 is 0 Å². The quantitative estimate of drug-likeness (QED) is 0.752. The van der Waals surface area contributed by atoms with Gasteiger partial charge in [-0.05, 0) is 36.9 Å². The Morgan fingerprint density at radius 3 is 2.81 bits per heavy atom. The number of rotatable bonds is 2. The van der Waals surface area contributed by atoms with Crippen molar-refractivity contribution in [3.63, 3.8) is 0 Å². The number of nitrogens with zero attached hydrogens (tertiary/aromatic N) is 1. The molecule has 4 heteroatoms. The van der Waals surface area contributed by atoms with Gasteiger partial charge in [-0.25, -0.2) is 9.37 Å². The van der Waals surface area contributed by atoms with Gasteiger partial charge in [0, 0.05) is 16.3 Å². The van der Waals surface area contributed by atoms with E-state index in [4.69, 9.17) is 4.98 Å². The van der Waals surface area contributed by atoms with Crippen LogP contribution in [0.15, 0.2) is 41.8 Å². The number of fused-ring (bicyclic) bond motifs is 1. The summed E-state index contributed by atoms with van der Waals surface area (Å²) in [5.41, 5.74) is 1.95. The van der Waals surface area contributed by atoms with Gasteiger partial charge in [-0.15, -0.1) is 11.3 Å². The third-order valence-corrected chi connectivity index (χ3v) is 4.99. The molecule has 1 atom stereocenters. The van der Waals surface area contributed by atoms with E-state index in [0.29, 0.717) is 11.4 Å². The summed E-state index contributed by atoms with van der Waals surface area (Å²) in [5.74, 6) is -0.178. The fourth-order valence-electron chi connectivity index (χ4n) is 2.95. The molecule has 0 aliphatic carbocycles. The minimum Gasteiger partial charge on any atom is -0.308 e. The molecule has 106 valence electrons. The van der Waals surface area contributed by atoms with Crippen LogP contribution in [0.1, 0.15) is 23.9 Å². The summed E-state index contributed by atoms with van der Waals surface area (Å²) in [7, 11) is 0. The average Bonchev–Trinajstić information content (AvgIpc) is 3.19. The van der Waals surface area contributed by atoms with Crippen LogP contribution in [-0.4, -0.2) is 11.5 Å². The molecule has 0 amide bonds. The lowest BCUT2D eigenvalue weighted by molar-refractivity contribution is 0.639. The molecule has 0 bridgehead atoms. The van der Waals surface area contributed by atoms with Gasteiger partial charge in [-0.2, -0.15) is 0 Å². The molecule has 2 aromatic carbocycles. The molecule has 3 aromatic rings. The molecule has 0 saturated carbocycles. The van der Waals surface area contributed by atoms with Crippen molar-refractivity contribution in [2.75, 3.05) is 6.54 Å². The number of benzene rings is 2. The van der Waals surface area contributed by atoms with Crippen LogP contribution in [0.3, 0.4) is 0 Å². The van der Waals surface area contributed by atoms with Crippen LogP contribution < -0.4 is 5.32 Å². The second-order valence-corrected chi connectivity index (χ2v) is 6.25. The zero-order chi connectivity index (χ0) is 14.2. The Kier molecular flexibility index (Phi) is 3.20. The van der Waals surface area contributed by atoms with Crippen molar-refractivity contribution in [2.24, 2.45) is 0 Å². The van der Waals surface area contributed by atoms with Crippen molar-refractivity contribution >= 4 is 22.1 Å². The highest BCUT2D eigenvalue weighted by Crippen LogP contribution is 2.33. The summed E-state index contributed by atoms with van der Waals surface area (Å²) < 4.78 is 13.9. The number of halogens is 1. The zero-order valence-electron chi connectivity index (χ0n) is 11.5. The van der Waals surface area contributed by atoms with Gasteiger partial charge in [0.15, 0.2) is 0 Å². The lowest BCUT2D eigenvalue weighted by atomic mass is 10.0. The summed E-state index contributed by atoms with van der Waals surface area (Å²) >= 11 is 1.69. The van der Waals surface area contributed by atoms with Gasteiger partial charge in [-0.3, -0.25) is 0 Å². The van der Waals surface area contributed by atoms with E-state index in [0.717, 1.165) is 34.6 Å². The van der Waals surface area contributed by atoms with Gasteiger partial charge in [0.1, 0.15) is 10.8 Å². The van der Waals surface area contributed by atoms with Crippen LogP contribution in [0, 0.1) is 5.82 Å². The maximum atomic E-state index is 13.9. The Morgan fingerprint density at radius 2 is 2.00 bits per heavy atom. The van der Waals surface area contributed by atoms with Crippen LogP contribution in [-0.2, 0) is 0 Å². The molecular weight excluding hydrogens is 283 g/mol. The van der Waals surface area contributed by atoms with E-state index in [2.05, 4.69) is 10.7 Å². The summed E-state index contributed by atoms with van der Waals surface area (Å²) in [6, 6.07) is 11.3. The van der Waals surface area contributed by atoms with E-state index in [-0.39, 0.29) is 5.82 Å². The van der Waals surface area contributed by atoms with E-state index in [9.17, 15) is 4.39 Å². The standard InChI is InChI=1S/C17H15FN2S/c18-14-8-7-13(11-4-1-2-5-12(11)14)16-10-21-17(20-16)15-6-3-9-19-15/h1-2,4-5,7-8,10,15,19H,3,6,9H2/t15-/m0/s1. The SMILES string of the molecule is Fc1ccc(-c2csc([C@@H]3CCCN3)n2)c2ccccc12. The predicted octanol–water partition coefficient (Wildman–Crippen LogP) is 4.53. The van der Waals surface area contributed by atoms with Crippen molar-refractivity contribution in [1.82, 2.24) is 10.3 Å². The molecule has 2 nitrogen and oxygen atoms in total. The lowest BCUT2D eigenvalue weighted by Gasteiger charge is -2.06. The van der Waals surface area contributed by atoms with Gasteiger partial charge < -0.3 is 5.32 Å². The van der Waals surface area contributed by atoms with E-state index in [1.54, 1.807) is 11.3 Å². The molecule has 1 N–H and O–H groups in total. The van der Waals surface area contributed by atoms with E-state index >= 15 is 0 Å². The van der Waals surface area contributed by atoms with Crippen molar-refractivity contribution < 1.29 is 4.39 Å². The Morgan fingerprint density at radius 1 is 1.14 bits per heavy atom. The molecule has 4 rings (SSSR count). The molecule has 1 aliphatic rings. The summed E-state index contributed by atoms with van der Waals surface area (Å²) in [4.78, 5) is 4.78. The summed E-state index contributed by atoms with van der Waals surface area (Å²) in [6.45, 7) is 1.07. The smallest absolute Gasteiger partial charge is 0.131 e. The molecule has 0 unspecified atom stereocenters. The first-order chi connectivity index (χ1) is 10.3. The van der Waals surface area contributed by atoms with E-state index in [1.165, 1.54) is 12.5 Å². The minimum absolute atomic E-state index is 0.178. The number of hydrogen-bond donors (Lipinski definition) is 1. The van der Waals surface area contributed by atoms with Crippen molar-refractivity contribution in [3.8, 4) is 11.3 Å². The number of thiazole rings is 1. The van der Waals surface area contributed by atoms with Gasteiger partial charge in [0.05, 0.1) is 11.7 Å². The minimum atomic E-state index is -0.178. The van der Waals surface area contributed by atoms with Crippen molar-refractivity contribution in [3.05, 3.63) is 52.6 Å². The third kappa shape index (κ3) is 2.24. The Balaban J connectivity index is 1.81. The van der Waals surface area contributed by atoms with Crippen molar-refractivity contribution in [2.45, 2.75) is 18.9 Å². The van der Waals surface area contributed by atoms with E-state index in [1.807, 2.05) is 30.3 Å².